The van der Waals surface area contributed by atoms with Crippen LogP contribution in [0, 0.1) is 0 Å². The summed E-state index contributed by atoms with van der Waals surface area (Å²) in [5.41, 5.74) is 7.86. The lowest BCUT2D eigenvalue weighted by molar-refractivity contribution is 0.0731. The summed E-state index contributed by atoms with van der Waals surface area (Å²) in [5.74, 6) is 0.167. The molecule has 2 rings (SSSR count). The maximum absolute atomic E-state index is 12.1. The van der Waals surface area contributed by atoms with Crippen LogP contribution in [0.3, 0.4) is 0 Å². The summed E-state index contributed by atoms with van der Waals surface area (Å²) in [6.45, 7) is 3.91. The van der Waals surface area contributed by atoms with Crippen LogP contribution in [0.2, 0.25) is 0 Å². The van der Waals surface area contributed by atoms with E-state index in [9.17, 15) is 8.42 Å². The molecular formula is C15H24N4O3S. The van der Waals surface area contributed by atoms with E-state index in [1.165, 1.54) is 9.87 Å². The van der Waals surface area contributed by atoms with E-state index in [1.54, 1.807) is 0 Å². The van der Waals surface area contributed by atoms with E-state index in [0.717, 1.165) is 12.1 Å². The van der Waals surface area contributed by atoms with Crippen LogP contribution in [0.25, 0.3) is 0 Å². The molecule has 1 fully saturated rings. The van der Waals surface area contributed by atoms with Crippen LogP contribution in [0.1, 0.15) is 12.5 Å². The van der Waals surface area contributed by atoms with Crippen molar-refractivity contribution in [2.24, 2.45) is 10.7 Å². The van der Waals surface area contributed by atoms with Crippen LogP contribution in [0.4, 0.5) is 5.69 Å². The molecule has 0 aromatic heterocycles. The van der Waals surface area contributed by atoms with E-state index in [-0.39, 0.29) is 18.3 Å². The zero-order chi connectivity index (χ0) is 16.7. The van der Waals surface area contributed by atoms with E-state index in [4.69, 9.17) is 10.5 Å². The molecule has 0 radical (unpaired) electrons. The second kappa shape index (κ2) is 8.28. The first kappa shape index (κ1) is 17.7. The molecule has 0 bridgehead atoms. The third-order valence-electron chi connectivity index (χ3n) is 3.60. The number of guanidine groups is 1. The topological polar surface area (TPSA) is 97.0 Å². The lowest BCUT2D eigenvalue weighted by Crippen LogP contribution is -2.42. The number of hydrogen-bond donors (Lipinski definition) is 2. The molecular weight excluding hydrogens is 316 g/mol. The molecule has 7 nitrogen and oxygen atoms in total. The van der Waals surface area contributed by atoms with Gasteiger partial charge in [-0.3, -0.25) is 4.99 Å². The fourth-order valence-corrected chi connectivity index (χ4v) is 3.58. The Hall–Kier alpha value is -1.64. The lowest BCUT2D eigenvalue weighted by atomic mass is 10.1. The molecule has 128 valence electrons. The number of nitrogens with one attached hydrogen (secondary N) is 1. The zero-order valence-electron chi connectivity index (χ0n) is 13.4. The monoisotopic (exact) mass is 340 g/mol. The Kier molecular flexibility index (Phi) is 6.37. The lowest BCUT2D eigenvalue weighted by Gasteiger charge is -2.25. The van der Waals surface area contributed by atoms with Gasteiger partial charge >= 0.3 is 0 Å². The summed E-state index contributed by atoms with van der Waals surface area (Å²) in [6.07, 6.45) is 0.935. The third-order valence-corrected chi connectivity index (χ3v) is 5.45. The number of rotatable bonds is 6. The van der Waals surface area contributed by atoms with Gasteiger partial charge in [-0.25, -0.2) is 8.42 Å². The summed E-state index contributed by atoms with van der Waals surface area (Å²) in [4.78, 5) is 4.10. The Labute approximate surface area is 137 Å². The zero-order valence-corrected chi connectivity index (χ0v) is 14.2. The number of aryl methyl sites for hydroxylation is 1. The Balaban J connectivity index is 1.86. The molecule has 1 aromatic rings. The van der Waals surface area contributed by atoms with Crippen molar-refractivity contribution in [2.45, 2.75) is 13.3 Å². The average molecular weight is 340 g/mol. The first-order valence-corrected chi connectivity index (χ1v) is 9.33. The number of nitrogens with two attached hydrogens (primary N) is 1. The quantitative estimate of drug-likeness (QED) is 0.585. The van der Waals surface area contributed by atoms with Crippen molar-refractivity contribution >= 4 is 21.7 Å². The van der Waals surface area contributed by atoms with E-state index < -0.39 is 10.0 Å². The molecule has 23 heavy (non-hydrogen) atoms. The molecule has 0 saturated carbocycles. The van der Waals surface area contributed by atoms with Gasteiger partial charge in [0.1, 0.15) is 0 Å². The van der Waals surface area contributed by atoms with Gasteiger partial charge in [-0.15, -0.1) is 0 Å². The van der Waals surface area contributed by atoms with Crippen molar-refractivity contribution in [3.8, 4) is 0 Å². The summed E-state index contributed by atoms with van der Waals surface area (Å²) >= 11 is 0. The summed E-state index contributed by atoms with van der Waals surface area (Å²) in [7, 11) is -3.30. The predicted molar refractivity (Wildman–Crippen MR) is 92.1 cm³/mol. The number of ether oxygens (including phenoxy) is 1. The summed E-state index contributed by atoms with van der Waals surface area (Å²) < 4.78 is 30.9. The minimum absolute atomic E-state index is 0.0512. The van der Waals surface area contributed by atoms with Gasteiger partial charge in [0.15, 0.2) is 5.96 Å². The molecule has 0 aliphatic carbocycles. The van der Waals surface area contributed by atoms with Gasteiger partial charge in [-0.2, -0.15) is 4.31 Å². The van der Waals surface area contributed by atoms with E-state index in [1.807, 2.05) is 24.3 Å². The van der Waals surface area contributed by atoms with Crippen molar-refractivity contribution < 1.29 is 13.2 Å². The molecule has 1 heterocycles. The van der Waals surface area contributed by atoms with E-state index in [0.29, 0.717) is 26.3 Å². The molecule has 1 saturated heterocycles. The van der Waals surface area contributed by atoms with Gasteiger partial charge in [0.2, 0.25) is 10.0 Å². The Morgan fingerprint density at radius 3 is 2.83 bits per heavy atom. The third kappa shape index (κ3) is 5.49. The smallest absolute Gasteiger partial charge is 0.216 e. The average Bonchev–Trinajstić information content (AvgIpc) is 2.55. The van der Waals surface area contributed by atoms with Crippen LogP contribution in [0.15, 0.2) is 29.3 Å². The Morgan fingerprint density at radius 2 is 2.13 bits per heavy atom. The molecule has 0 atom stereocenters. The van der Waals surface area contributed by atoms with Crippen LogP contribution >= 0.6 is 0 Å². The molecule has 3 N–H and O–H groups in total. The number of benzene rings is 1. The summed E-state index contributed by atoms with van der Waals surface area (Å²) in [6, 6.07) is 7.86. The number of sulfonamides is 1. The van der Waals surface area contributed by atoms with Gasteiger partial charge in [0.05, 0.1) is 25.5 Å². The van der Waals surface area contributed by atoms with Crippen LogP contribution in [0.5, 0.6) is 0 Å². The highest BCUT2D eigenvalue weighted by molar-refractivity contribution is 7.89. The maximum atomic E-state index is 12.1. The number of aliphatic imine (C=N–C) groups is 1. The molecule has 0 amide bonds. The second-order valence-electron chi connectivity index (χ2n) is 5.27. The predicted octanol–water partition coefficient (Wildman–Crippen LogP) is 0.638. The van der Waals surface area contributed by atoms with E-state index >= 15 is 0 Å². The fraction of sp³-hybridized carbons (Fsp3) is 0.533. The Morgan fingerprint density at radius 1 is 1.39 bits per heavy atom. The standard InChI is InChI=1S/C15H24N4O3S/c1-2-13-4-3-5-14(12-13)18-15(16)17-6-11-23(20,21)19-7-9-22-10-8-19/h3-5,12H,2,6-11H2,1H3,(H3,16,17,18). The number of morpholine rings is 1. The van der Waals surface area contributed by atoms with Crippen molar-refractivity contribution in [3.63, 3.8) is 0 Å². The van der Waals surface area contributed by atoms with Crippen LogP contribution < -0.4 is 11.1 Å². The molecule has 0 unspecified atom stereocenters. The van der Waals surface area contributed by atoms with Crippen LogP contribution in [-0.2, 0) is 21.2 Å². The first-order chi connectivity index (χ1) is 11.0. The molecule has 1 aliphatic rings. The highest BCUT2D eigenvalue weighted by atomic mass is 32.2. The minimum Gasteiger partial charge on any atom is -0.379 e. The second-order valence-corrected chi connectivity index (χ2v) is 7.36. The van der Waals surface area contributed by atoms with Crippen molar-refractivity contribution in [1.82, 2.24) is 4.31 Å². The van der Waals surface area contributed by atoms with Crippen molar-refractivity contribution in [3.05, 3.63) is 29.8 Å². The number of nitrogens with zero attached hydrogens (tertiary/aromatic N) is 2. The molecule has 1 aromatic carbocycles. The van der Waals surface area contributed by atoms with Crippen molar-refractivity contribution in [2.75, 3.05) is 43.9 Å². The molecule has 8 heteroatoms. The van der Waals surface area contributed by atoms with Gasteiger partial charge in [-0.1, -0.05) is 19.1 Å². The molecule has 1 aliphatic heterocycles. The van der Waals surface area contributed by atoms with E-state index in [2.05, 4.69) is 17.2 Å². The highest BCUT2D eigenvalue weighted by Gasteiger charge is 2.23. The van der Waals surface area contributed by atoms with Gasteiger partial charge < -0.3 is 15.8 Å². The maximum Gasteiger partial charge on any atom is 0.216 e. The molecule has 0 spiro atoms. The van der Waals surface area contributed by atoms with Crippen LogP contribution in [-0.4, -0.2) is 57.3 Å². The number of hydrogen-bond acceptors (Lipinski definition) is 4. The summed E-state index contributed by atoms with van der Waals surface area (Å²) in [5, 5.41) is 2.98. The van der Waals surface area contributed by atoms with Gasteiger partial charge in [-0.05, 0) is 24.1 Å². The number of anilines is 1. The Bertz CT molecular complexity index is 640. The largest absolute Gasteiger partial charge is 0.379 e. The van der Waals surface area contributed by atoms with Crippen molar-refractivity contribution in [1.29, 1.82) is 0 Å². The van der Waals surface area contributed by atoms with Gasteiger partial charge in [0.25, 0.3) is 0 Å². The fourth-order valence-electron chi connectivity index (χ4n) is 2.29. The first-order valence-electron chi connectivity index (χ1n) is 7.72. The highest BCUT2D eigenvalue weighted by Crippen LogP contribution is 2.10. The normalized spacial score (nSPS) is 17.2. The van der Waals surface area contributed by atoms with Gasteiger partial charge in [0, 0.05) is 18.8 Å². The SMILES string of the molecule is CCc1cccc(NC(N)=NCCS(=O)(=O)N2CCOCC2)c1. The minimum atomic E-state index is -3.30.